The topological polar surface area (TPSA) is 47.6 Å². The van der Waals surface area contributed by atoms with E-state index < -0.39 is 0 Å². The van der Waals surface area contributed by atoms with Gasteiger partial charge in [-0.1, -0.05) is 45.2 Å². The SMILES string of the molecule is CN1CCN(c2c(Cl)cccc2NC(=S)NC(=O)c2cc(Br)ccc2Cl)CC1. The second-order valence-corrected chi connectivity index (χ2v) is 8.60. The Bertz CT molecular complexity index is 903. The van der Waals surface area contributed by atoms with E-state index in [-0.39, 0.29) is 11.0 Å². The van der Waals surface area contributed by atoms with Crippen molar-refractivity contribution in [2.75, 3.05) is 43.4 Å². The van der Waals surface area contributed by atoms with Gasteiger partial charge >= 0.3 is 0 Å². The van der Waals surface area contributed by atoms with Gasteiger partial charge in [-0.25, -0.2) is 0 Å². The van der Waals surface area contributed by atoms with Gasteiger partial charge in [0.15, 0.2) is 5.11 Å². The maximum Gasteiger partial charge on any atom is 0.258 e. The molecule has 0 saturated carbocycles. The van der Waals surface area contributed by atoms with Crippen LogP contribution in [0.5, 0.6) is 0 Å². The fourth-order valence-corrected chi connectivity index (χ4v) is 4.02. The molecule has 0 spiro atoms. The summed E-state index contributed by atoms with van der Waals surface area (Å²) < 4.78 is 0.758. The molecule has 5 nitrogen and oxygen atoms in total. The summed E-state index contributed by atoms with van der Waals surface area (Å²) in [7, 11) is 2.10. The molecule has 148 valence electrons. The lowest BCUT2D eigenvalue weighted by Gasteiger charge is -2.35. The van der Waals surface area contributed by atoms with Crippen molar-refractivity contribution in [3.63, 3.8) is 0 Å². The number of nitrogens with one attached hydrogen (secondary N) is 2. The maximum absolute atomic E-state index is 12.5. The largest absolute Gasteiger partial charge is 0.366 e. The summed E-state index contributed by atoms with van der Waals surface area (Å²) >= 11 is 21.3. The second kappa shape index (κ2) is 9.41. The molecule has 1 saturated heterocycles. The van der Waals surface area contributed by atoms with Crippen LogP contribution in [0, 0.1) is 0 Å². The Balaban J connectivity index is 1.74. The van der Waals surface area contributed by atoms with Crippen molar-refractivity contribution in [2.24, 2.45) is 0 Å². The van der Waals surface area contributed by atoms with Gasteiger partial charge in [-0.15, -0.1) is 0 Å². The molecule has 1 amide bonds. The van der Waals surface area contributed by atoms with Crippen LogP contribution in [0.3, 0.4) is 0 Å². The Hall–Kier alpha value is -1.38. The van der Waals surface area contributed by atoms with Gasteiger partial charge in [0.25, 0.3) is 5.91 Å². The molecule has 0 radical (unpaired) electrons. The summed E-state index contributed by atoms with van der Waals surface area (Å²) in [5.74, 6) is -0.382. The van der Waals surface area contributed by atoms with E-state index >= 15 is 0 Å². The predicted octanol–water partition coefficient (Wildman–Crippen LogP) is 4.63. The fourth-order valence-electron chi connectivity index (χ4n) is 2.96. The van der Waals surface area contributed by atoms with E-state index in [4.69, 9.17) is 35.4 Å². The van der Waals surface area contributed by atoms with E-state index in [9.17, 15) is 4.79 Å². The summed E-state index contributed by atoms with van der Waals surface area (Å²) in [5.41, 5.74) is 1.97. The van der Waals surface area contributed by atoms with Gasteiger partial charge in [0.05, 0.1) is 27.0 Å². The minimum Gasteiger partial charge on any atom is -0.366 e. The molecule has 1 aliphatic rings. The molecule has 0 aromatic heterocycles. The average molecular weight is 502 g/mol. The van der Waals surface area contributed by atoms with Gasteiger partial charge in [0, 0.05) is 30.7 Å². The van der Waals surface area contributed by atoms with E-state index in [1.165, 1.54) is 0 Å². The number of thiocarbonyl (C=S) groups is 1. The van der Waals surface area contributed by atoms with E-state index in [1.54, 1.807) is 18.2 Å². The number of rotatable bonds is 3. The third-order valence-corrected chi connectivity index (χ3v) is 5.79. The molecular formula is C19H19BrCl2N4OS. The summed E-state index contributed by atoms with van der Waals surface area (Å²) in [6.45, 7) is 3.63. The first-order valence-electron chi connectivity index (χ1n) is 8.64. The van der Waals surface area contributed by atoms with Crippen molar-refractivity contribution in [3.05, 3.63) is 56.5 Å². The zero-order chi connectivity index (χ0) is 20.3. The molecule has 1 heterocycles. The summed E-state index contributed by atoms with van der Waals surface area (Å²) in [6.07, 6.45) is 0. The number of likely N-dealkylation sites (N-methyl/N-ethyl adjacent to an activating group) is 1. The van der Waals surface area contributed by atoms with Gasteiger partial charge in [0.1, 0.15) is 0 Å². The first kappa shape index (κ1) is 21.3. The van der Waals surface area contributed by atoms with Gasteiger partial charge in [-0.3, -0.25) is 10.1 Å². The van der Waals surface area contributed by atoms with E-state index in [1.807, 2.05) is 18.2 Å². The quantitative estimate of drug-likeness (QED) is 0.600. The Morgan fingerprint density at radius 1 is 1.11 bits per heavy atom. The lowest BCUT2D eigenvalue weighted by molar-refractivity contribution is 0.0978. The van der Waals surface area contributed by atoms with Crippen LogP contribution in [0.25, 0.3) is 0 Å². The Kier molecular flexibility index (Phi) is 7.17. The summed E-state index contributed by atoms with van der Waals surface area (Å²) in [5, 5.41) is 6.94. The smallest absolute Gasteiger partial charge is 0.258 e. The van der Waals surface area contributed by atoms with Crippen molar-refractivity contribution >= 4 is 73.7 Å². The van der Waals surface area contributed by atoms with E-state index in [2.05, 4.69) is 43.4 Å². The van der Waals surface area contributed by atoms with Crippen LogP contribution in [-0.4, -0.2) is 49.1 Å². The normalized spacial score (nSPS) is 14.6. The maximum atomic E-state index is 12.5. The van der Waals surface area contributed by atoms with Crippen LogP contribution < -0.4 is 15.5 Å². The molecule has 2 N–H and O–H groups in total. The van der Waals surface area contributed by atoms with Crippen molar-refractivity contribution in [3.8, 4) is 0 Å². The number of amides is 1. The number of nitrogens with zero attached hydrogens (tertiary/aromatic N) is 2. The molecule has 0 unspecified atom stereocenters. The number of para-hydroxylation sites is 1. The van der Waals surface area contributed by atoms with Crippen molar-refractivity contribution in [1.82, 2.24) is 10.2 Å². The number of anilines is 2. The number of halogens is 3. The fraction of sp³-hybridized carbons (Fsp3) is 0.263. The number of carbonyl (C=O) groups is 1. The minimum absolute atomic E-state index is 0.179. The summed E-state index contributed by atoms with van der Waals surface area (Å²) in [6, 6.07) is 10.7. The van der Waals surface area contributed by atoms with Gasteiger partial charge in [0.2, 0.25) is 0 Å². The van der Waals surface area contributed by atoms with E-state index in [0.29, 0.717) is 15.6 Å². The zero-order valence-electron chi connectivity index (χ0n) is 15.1. The highest BCUT2D eigenvalue weighted by atomic mass is 79.9. The molecule has 1 fully saturated rings. The molecule has 2 aromatic rings. The van der Waals surface area contributed by atoms with Crippen LogP contribution >= 0.6 is 51.3 Å². The molecule has 9 heteroatoms. The molecule has 2 aromatic carbocycles. The Morgan fingerprint density at radius 2 is 1.82 bits per heavy atom. The van der Waals surface area contributed by atoms with Gasteiger partial charge in [-0.2, -0.15) is 0 Å². The lowest BCUT2D eigenvalue weighted by atomic mass is 10.2. The number of hydrogen-bond acceptors (Lipinski definition) is 4. The highest BCUT2D eigenvalue weighted by molar-refractivity contribution is 9.10. The van der Waals surface area contributed by atoms with Crippen LogP contribution in [0.4, 0.5) is 11.4 Å². The van der Waals surface area contributed by atoms with Gasteiger partial charge < -0.3 is 15.1 Å². The monoisotopic (exact) mass is 500 g/mol. The van der Waals surface area contributed by atoms with E-state index in [0.717, 1.165) is 42.0 Å². The number of hydrogen-bond donors (Lipinski definition) is 2. The molecular weight excluding hydrogens is 483 g/mol. The first-order valence-corrected chi connectivity index (χ1v) is 10.6. The highest BCUT2D eigenvalue weighted by Gasteiger charge is 2.20. The third kappa shape index (κ3) is 5.15. The van der Waals surface area contributed by atoms with Crippen LogP contribution in [0.15, 0.2) is 40.9 Å². The Labute approximate surface area is 188 Å². The molecule has 0 atom stereocenters. The molecule has 0 bridgehead atoms. The summed E-state index contributed by atoms with van der Waals surface area (Å²) in [4.78, 5) is 17.0. The average Bonchev–Trinajstić information content (AvgIpc) is 2.65. The molecule has 3 rings (SSSR count). The number of benzene rings is 2. The first-order chi connectivity index (χ1) is 13.3. The lowest BCUT2D eigenvalue weighted by Crippen LogP contribution is -2.45. The van der Waals surface area contributed by atoms with Crippen LogP contribution in [-0.2, 0) is 0 Å². The van der Waals surface area contributed by atoms with Crippen molar-refractivity contribution in [2.45, 2.75) is 0 Å². The zero-order valence-corrected chi connectivity index (χ0v) is 19.1. The third-order valence-electron chi connectivity index (χ3n) is 4.45. The number of carbonyl (C=O) groups excluding carboxylic acids is 1. The van der Waals surface area contributed by atoms with Crippen molar-refractivity contribution in [1.29, 1.82) is 0 Å². The van der Waals surface area contributed by atoms with Gasteiger partial charge in [-0.05, 0) is 49.6 Å². The minimum atomic E-state index is -0.382. The molecule has 1 aliphatic heterocycles. The standard InChI is InChI=1S/C19H19BrCl2N4OS/c1-25-7-9-26(10-8-25)17-15(22)3-2-4-16(17)23-19(28)24-18(27)13-11-12(20)5-6-14(13)21/h2-6,11H,7-10H2,1H3,(H2,23,24,27,28). The Morgan fingerprint density at radius 3 is 2.54 bits per heavy atom. The number of piperazine rings is 1. The molecule has 0 aliphatic carbocycles. The van der Waals surface area contributed by atoms with Crippen LogP contribution in [0.2, 0.25) is 10.0 Å². The second-order valence-electron chi connectivity index (χ2n) is 6.46. The molecule has 28 heavy (non-hydrogen) atoms. The van der Waals surface area contributed by atoms with Crippen LogP contribution in [0.1, 0.15) is 10.4 Å². The predicted molar refractivity (Wildman–Crippen MR) is 124 cm³/mol. The van der Waals surface area contributed by atoms with Crippen molar-refractivity contribution < 1.29 is 4.79 Å². The highest BCUT2D eigenvalue weighted by Crippen LogP contribution is 2.34.